The van der Waals surface area contributed by atoms with Crippen LogP contribution in [-0.2, 0) is 0 Å². The fraction of sp³-hybridized carbons (Fsp3) is 0.357. The molecule has 1 aromatic carbocycles. The van der Waals surface area contributed by atoms with Crippen LogP contribution < -0.4 is 15.3 Å². The van der Waals surface area contributed by atoms with Crippen molar-refractivity contribution in [2.45, 2.75) is 52.0 Å². The largest absolute Gasteiger partial charge is 0.507 e. The lowest BCUT2D eigenvalue weighted by molar-refractivity contribution is 0.267. The maximum atomic E-state index is 15.1. The normalized spacial score (nSPS) is 16.9. The highest BCUT2D eigenvalue weighted by atomic mass is 35.5. The van der Waals surface area contributed by atoms with Gasteiger partial charge >= 0.3 is 5.69 Å². The first-order valence-electron chi connectivity index (χ1n) is 12.8. The molecule has 2 aliphatic heterocycles. The third kappa shape index (κ3) is 3.71. The molecule has 0 spiro atoms. The number of fused-ring (bicyclic) bond motifs is 2. The van der Waals surface area contributed by atoms with Gasteiger partial charge in [-0.05, 0) is 55.9 Å². The predicted molar refractivity (Wildman–Crippen MR) is 144 cm³/mol. The van der Waals surface area contributed by atoms with E-state index in [1.807, 2.05) is 26.8 Å². The molecule has 1 atom stereocenters. The van der Waals surface area contributed by atoms with Gasteiger partial charge in [0.2, 0.25) is 0 Å². The second kappa shape index (κ2) is 9.23. The highest BCUT2D eigenvalue weighted by molar-refractivity contribution is 6.36. The summed E-state index contributed by atoms with van der Waals surface area (Å²) in [5.74, 6) is -0.287. The average Bonchev–Trinajstić information content (AvgIpc) is 3.05. The van der Waals surface area contributed by atoms with E-state index in [-0.39, 0.29) is 45.4 Å². The van der Waals surface area contributed by atoms with Crippen LogP contribution >= 0.6 is 11.6 Å². The summed E-state index contributed by atoms with van der Waals surface area (Å²) in [6, 6.07) is 5.83. The van der Waals surface area contributed by atoms with Crippen molar-refractivity contribution in [2.24, 2.45) is 0 Å². The highest BCUT2D eigenvalue weighted by Crippen LogP contribution is 2.47. The van der Waals surface area contributed by atoms with Gasteiger partial charge in [0.1, 0.15) is 40.1 Å². The minimum Gasteiger partial charge on any atom is -0.507 e. The third-order valence-electron chi connectivity index (χ3n) is 7.38. The lowest BCUT2D eigenvalue weighted by Crippen LogP contribution is -2.43. The zero-order valence-corrected chi connectivity index (χ0v) is 22.1. The smallest absolute Gasteiger partial charge is 0.355 e. The molecule has 5 heterocycles. The van der Waals surface area contributed by atoms with Gasteiger partial charge in [0, 0.05) is 12.7 Å². The van der Waals surface area contributed by atoms with E-state index < -0.39 is 11.5 Å². The van der Waals surface area contributed by atoms with E-state index in [2.05, 4.69) is 14.9 Å². The van der Waals surface area contributed by atoms with E-state index >= 15 is 4.39 Å². The molecular formula is C28H27ClFN5O3. The number of benzene rings is 1. The monoisotopic (exact) mass is 535 g/mol. The SMILES string of the molecule is Cc1ccnc(C(C)C)c1-n1c(=O)nc2c3c(c(Cl)c(-c4c(O)cccc4F)nc31)OC[C@H]1CCCCN21. The Balaban J connectivity index is 1.80. The molecular weight excluding hydrogens is 509 g/mol. The van der Waals surface area contributed by atoms with Crippen LogP contribution in [0.2, 0.25) is 5.02 Å². The Morgan fingerprint density at radius 3 is 2.79 bits per heavy atom. The van der Waals surface area contributed by atoms with Gasteiger partial charge in [-0.3, -0.25) is 4.98 Å². The number of aromatic nitrogens is 4. The molecule has 0 amide bonds. The Labute approximate surface area is 223 Å². The van der Waals surface area contributed by atoms with Crippen LogP contribution in [0.1, 0.15) is 50.3 Å². The van der Waals surface area contributed by atoms with Crippen molar-refractivity contribution in [3.8, 4) is 28.4 Å². The maximum Gasteiger partial charge on any atom is 0.355 e. The molecule has 0 unspecified atom stereocenters. The Bertz CT molecular complexity index is 1630. The van der Waals surface area contributed by atoms with E-state index in [1.165, 1.54) is 22.8 Å². The lowest BCUT2D eigenvalue weighted by atomic mass is 10.0. The zero-order valence-electron chi connectivity index (χ0n) is 21.3. The molecule has 38 heavy (non-hydrogen) atoms. The Kier molecular flexibility index (Phi) is 5.98. The second-order valence-corrected chi connectivity index (χ2v) is 10.5. The van der Waals surface area contributed by atoms with Crippen molar-refractivity contribution in [3.05, 3.63) is 63.0 Å². The molecule has 1 saturated heterocycles. The first-order chi connectivity index (χ1) is 18.3. The van der Waals surface area contributed by atoms with E-state index in [9.17, 15) is 9.90 Å². The highest BCUT2D eigenvalue weighted by Gasteiger charge is 2.35. The molecule has 0 aliphatic carbocycles. The number of phenols is 1. The van der Waals surface area contributed by atoms with Crippen molar-refractivity contribution < 1.29 is 14.2 Å². The molecule has 8 nitrogen and oxygen atoms in total. The fourth-order valence-electron chi connectivity index (χ4n) is 5.55. The molecule has 0 bridgehead atoms. The first kappa shape index (κ1) is 24.6. The molecule has 0 saturated carbocycles. The standard InChI is InChI=1S/C28H27ClFN5O3/c1-14(2)22-24(15(3)10-11-31-22)35-27-20-25(21(29)23(32-27)19-17(30)8-6-9-18(19)36)38-13-16-7-4-5-12-34(16)26(20)33-28(35)37/h6,8-11,14,16,36H,4-5,7,12-13H2,1-3H3/t16-/m1/s1. The van der Waals surface area contributed by atoms with Crippen LogP contribution in [0.4, 0.5) is 10.2 Å². The number of nitrogens with zero attached hydrogens (tertiary/aromatic N) is 5. The number of hydrogen-bond acceptors (Lipinski definition) is 7. The quantitative estimate of drug-likeness (QED) is 0.369. The van der Waals surface area contributed by atoms with Crippen LogP contribution in [0.25, 0.3) is 28.0 Å². The molecule has 6 rings (SSSR count). The summed E-state index contributed by atoms with van der Waals surface area (Å²) in [5.41, 5.74) is 1.59. The van der Waals surface area contributed by atoms with Crippen molar-refractivity contribution >= 4 is 28.5 Å². The minimum atomic E-state index is -0.694. The van der Waals surface area contributed by atoms with Gasteiger partial charge in [-0.1, -0.05) is 31.5 Å². The number of rotatable bonds is 3. The topological polar surface area (TPSA) is 93.4 Å². The van der Waals surface area contributed by atoms with Crippen LogP contribution in [-0.4, -0.2) is 43.8 Å². The molecule has 1 N–H and O–H groups in total. The summed E-state index contributed by atoms with van der Waals surface area (Å²) in [7, 11) is 0. The van der Waals surface area contributed by atoms with E-state index in [4.69, 9.17) is 21.3 Å². The Morgan fingerprint density at radius 1 is 1.21 bits per heavy atom. The summed E-state index contributed by atoms with van der Waals surface area (Å²) < 4.78 is 22.8. The summed E-state index contributed by atoms with van der Waals surface area (Å²) in [5, 5.41) is 11.2. The number of piperidine rings is 1. The van der Waals surface area contributed by atoms with Gasteiger partial charge in [-0.2, -0.15) is 4.98 Å². The van der Waals surface area contributed by atoms with Gasteiger partial charge in [-0.25, -0.2) is 18.7 Å². The second-order valence-electron chi connectivity index (χ2n) is 10.2. The fourth-order valence-corrected chi connectivity index (χ4v) is 5.84. The van der Waals surface area contributed by atoms with Gasteiger partial charge in [-0.15, -0.1) is 0 Å². The van der Waals surface area contributed by atoms with E-state index in [1.54, 1.807) is 6.20 Å². The number of halogens is 2. The average molecular weight is 536 g/mol. The van der Waals surface area contributed by atoms with Crippen LogP contribution in [0.15, 0.2) is 35.3 Å². The molecule has 1 fully saturated rings. The predicted octanol–water partition coefficient (Wildman–Crippen LogP) is 5.52. The Morgan fingerprint density at radius 2 is 2.03 bits per heavy atom. The third-order valence-corrected chi connectivity index (χ3v) is 7.73. The van der Waals surface area contributed by atoms with Gasteiger partial charge in [0.25, 0.3) is 0 Å². The van der Waals surface area contributed by atoms with Crippen molar-refractivity contribution in [3.63, 3.8) is 0 Å². The molecule has 0 radical (unpaired) electrons. The van der Waals surface area contributed by atoms with Crippen LogP contribution in [0.3, 0.4) is 0 Å². The number of aryl methyl sites for hydroxylation is 1. The summed E-state index contributed by atoms with van der Waals surface area (Å²) in [6.07, 6.45) is 4.58. The van der Waals surface area contributed by atoms with E-state index in [0.29, 0.717) is 29.2 Å². The number of anilines is 1. The van der Waals surface area contributed by atoms with Gasteiger partial charge in [0.15, 0.2) is 11.4 Å². The Hall–Kier alpha value is -3.72. The maximum absolute atomic E-state index is 15.1. The summed E-state index contributed by atoms with van der Waals surface area (Å²) in [6.45, 7) is 6.93. The molecule has 3 aromatic heterocycles. The lowest BCUT2D eigenvalue weighted by Gasteiger charge is -2.34. The number of hydrogen-bond donors (Lipinski definition) is 1. The number of pyridine rings is 2. The van der Waals surface area contributed by atoms with Crippen molar-refractivity contribution in [2.75, 3.05) is 18.1 Å². The van der Waals surface area contributed by atoms with E-state index in [0.717, 1.165) is 31.4 Å². The summed E-state index contributed by atoms with van der Waals surface area (Å²) >= 11 is 6.88. The zero-order chi connectivity index (χ0) is 26.7. The van der Waals surface area contributed by atoms with Crippen LogP contribution in [0, 0.1) is 12.7 Å². The molecule has 196 valence electrons. The van der Waals surface area contributed by atoms with Gasteiger partial charge in [0.05, 0.1) is 23.0 Å². The minimum absolute atomic E-state index is 0.00760. The number of ether oxygens (including phenoxy) is 1. The first-order valence-corrected chi connectivity index (χ1v) is 13.1. The van der Waals surface area contributed by atoms with Crippen molar-refractivity contribution in [1.29, 1.82) is 0 Å². The molecule has 4 aromatic rings. The van der Waals surface area contributed by atoms with Gasteiger partial charge < -0.3 is 14.7 Å². The van der Waals surface area contributed by atoms with Crippen molar-refractivity contribution in [1.82, 2.24) is 19.5 Å². The summed E-state index contributed by atoms with van der Waals surface area (Å²) in [4.78, 5) is 29.9. The number of phenolic OH excluding ortho intramolecular Hbond substituents is 1. The molecule has 10 heteroatoms. The molecule has 2 aliphatic rings. The number of aromatic hydroxyl groups is 1. The van der Waals surface area contributed by atoms with Crippen LogP contribution in [0.5, 0.6) is 11.5 Å².